The molecular weight excluding hydrogens is 616 g/mol. The average molecular weight is 661 g/mol. The molecule has 1 aliphatic heterocycles. The number of sulfonamides is 1. The van der Waals surface area contributed by atoms with Gasteiger partial charge in [0.2, 0.25) is 15.9 Å². The van der Waals surface area contributed by atoms with Gasteiger partial charge in [0.25, 0.3) is 0 Å². The summed E-state index contributed by atoms with van der Waals surface area (Å²) in [6.45, 7) is 9.66. The predicted octanol–water partition coefficient (Wildman–Crippen LogP) is 3.04. The van der Waals surface area contributed by atoms with Gasteiger partial charge in [0, 0.05) is 25.2 Å². The average Bonchev–Trinajstić information content (AvgIpc) is 3.01. The summed E-state index contributed by atoms with van der Waals surface area (Å²) in [7, 11) is -4.45. The van der Waals surface area contributed by atoms with Crippen LogP contribution >= 0.6 is 0 Å². The Hall–Kier alpha value is -4.01. The number of amidine groups is 1. The fourth-order valence-corrected chi connectivity index (χ4v) is 5.86. The predicted molar refractivity (Wildman–Crippen MR) is 171 cm³/mol. The van der Waals surface area contributed by atoms with Gasteiger partial charge in [-0.2, -0.15) is 9.30 Å². The number of aliphatic imine (C=N–C) groups is 1. The molecular formula is C32H44N4O9S. The quantitative estimate of drug-likeness (QED) is 0.149. The molecule has 1 fully saturated rings. The molecule has 14 heteroatoms. The van der Waals surface area contributed by atoms with Crippen molar-refractivity contribution in [3.8, 4) is 5.75 Å². The Morgan fingerprint density at radius 3 is 2.28 bits per heavy atom. The van der Waals surface area contributed by atoms with Crippen LogP contribution in [0.2, 0.25) is 0 Å². The van der Waals surface area contributed by atoms with Gasteiger partial charge in [-0.15, -0.1) is 0 Å². The zero-order valence-corrected chi connectivity index (χ0v) is 27.8. The standard InChI is InChI=1S/C32H44N4O9S/c1-22(2)24-8-6-23(7-9-24)12-13-36(21-28(38)35-14-16-43-17-15-35)46(41,42)27-20-25(10-11-26(27)37)29(33)34-31(40)45-19-18-44-30(39)32(3,4)5/h6-11,20,22,37H,12-19,21H2,1-5H3,(H2,33,34,40). The number of phenolic OH excluding ortho intramolecular Hbond substituents is 1. The summed E-state index contributed by atoms with van der Waals surface area (Å²) in [5.74, 6) is -1.45. The molecule has 0 aliphatic carbocycles. The van der Waals surface area contributed by atoms with Crippen molar-refractivity contribution in [2.45, 2.75) is 51.9 Å². The first kappa shape index (κ1) is 36.5. The number of hydrogen-bond donors (Lipinski definition) is 2. The monoisotopic (exact) mass is 660 g/mol. The number of morpholine rings is 1. The number of esters is 1. The lowest BCUT2D eigenvalue weighted by atomic mass is 9.97. The molecule has 2 aromatic rings. The lowest BCUT2D eigenvalue weighted by Crippen LogP contribution is -2.47. The normalized spacial score (nSPS) is 14.4. The van der Waals surface area contributed by atoms with Crippen LogP contribution in [-0.4, -0.2) is 99.1 Å². The number of phenols is 1. The van der Waals surface area contributed by atoms with E-state index in [0.29, 0.717) is 38.6 Å². The molecule has 0 spiro atoms. The lowest BCUT2D eigenvalue weighted by molar-refractivity contribution is -0.153. The van der Waals surface area contributed by atoms with E-state index in [1.807, 2.05) is 24.3 Å². The number of hydrogen-bond acceptors (Lipinski definition) is 9. The summed E-state index contributed by atoms with van der Waals surface area (Å²) in [5, 5.41) is 10.6. The first-order valence-corrected chi connectivity index (χ1v) is 16.5. The van der Waals surface area contributed by atoms with Crippen LogP contribution in [0, 0.1) is 5.41 Å². The summed E-state index contributed by atoms with van der Waals surface area (Å²) >= 11 is 0. The number of nitrogens with two attached hydrogens (primary N) is 1. The molecule has 13 nitrogen and oxygen atoms in total. The van der Waals surface area contributed by atoms with Gasteiger partial charge in [-0.3, -0.25) is 9.59 Å². The Labute approximate surface area is 270 Å². The summed E-state index contributed by atoms with van der Waals surface area (Å²) in [4.78, 5) is 41.9. The van der Waals surface area contributed by atoms with E-state index in [1.165, 1.54) is 6.07 Å². The van der Waals surface area contributed by atoms with Crippen LogP contribution < -0.4 is 5.73 Å². The van der Waals surface area contributed by atoms with Crippen molar-refractivity contribution in [3.05, 3.63) is 59.2 Å². The number of ether oxygens (including phenoxy) is 3. The van der Waals surface area contributed by atoms with Crippen molar-refractivity contribution in [3.63, 3.8) is 0 Å². The highest BCUT2D eigenvalue weighted by Crippen LogP contribution is 2.28. The van der Waals surface area contributed by atoms with E-state index in [1.54, 1.807) is 25.7 Å². The molecule has 1 saturated heterocycles. The third-order valence-electron chi connectivity index (χ3n) is 7.21. The van der Waals surface area contributed by atoms with E-state index < -0.39 is 50.6 Å². The molecule has 3 rings (SSSR count). The van der Waals surface area contributed by atoms with Crippen LogP contribution in [0.25, 0.3) is 0 Å². The second-order valence-corrected chi connectivity index (χ2v) is 14.1. The highest BCUT2D eigenvalue weighted by Gasteiger charge is 2.31. The van der Waals surface area contributed by atoms with Crippen LogP contribution in [0.15, 0.2) is 52.4 Å². The van der Waals surface area contributed by atoms with Crippen LogP contribution in [-0.2, 0) is 40.2 Å². The Morgan fingerprint density at radius 1 is 1.04 bits per heavy atom. The highest BCUT2D eigenvalue weighted by molar-refractivity contribution is 7.89. The summed E-state index contributed by atoms with van der Waals surface area (Å²) in [6.07, 6.45) is -0.766. The van der Waals surface area contributed by atoms with Gasteiger partial charge in [-0.05, 0) is 62.4 Å². The van der Waals surface area contributed by atoms with Crippen molar-refractivity contribution < 1.29 is 42.1 Å². The van der Waals surface area contributed by atoms with Crippen molar-refractivity contribution in [2.24, 2.45) is 16.1 Å². The van der Waals surface area contributed by atoms with Crippen LogP contribution in [0.5, 0.6) is 5.75 Å². The van der Waals surface area contributed by atoms with Crippen LogP contribution in [0.4, 0.5) is 4.79 Å². The largest absolute Gasteiger partial charge is 0.507 e. The number of benzene rings is 2. The molecule has 0 saturated carbocycles. The van der Waals surface area contributed by atoms with Crippen molar-refractivity contribution in [2.75, 3.05) is 52.6 Å². The molecule has 0 atom stereocenters. The fourth-order valence-electron chi connectivity index (χ4n) is 4.37. The second-order valence-electron chi connectivity index (χ2n) is 12.2. The van der Waals surface area contributed by atoms with E-state index in [-0.39, 0.29) is 31.2 Å². The first-order chi connectivity index (χ1) is 21.6. The minimum Gasteiger partial charge on any atom is -0.507 e. The smallest absolute Gasteiger partial charge is 0.435 e. The number of nitrogens with zero attached hydrogens (tertiary/aromatic N) is 3. The molecule has 252 valence electrons. The number of rotatable bonds is 12. The SMILES string of the molecule is CC(C)c1ccc(CCN(CC(=O)N2CCOCC2)S(=O)(=O)c2cc(C(N)=NC(=O)OCCOC(=O)C(C)(C)C)ccc2O)cc1. The maximum atomic E-state index is 14.0. The lowest BCUT2D eigenvalue weighted by Gasteiger charge is -2.30. The van der Waals surface area contributed by atoms with E-state index in [9.17, 15) is 27.9 Å². The van der Waals surface area contributed by atoms with Gasteiger partial charge in [-0.1, -0.05) is 38.1 Å². The molecule has 2 aromatic carbocycles. The van der Waals surface area contributed by atoms with Crippen molar-refractivity contribution in [1.29, 1.82) is 0 Å². The van der Waals surface area contributed by atoms with Crippen molar-refractivity contribution in [1.82, 2.24) is 9.21 Å². The first-order valence-electron chi connectivity index (χ1n) is 15.1. The molecule has 0 radical (unpaired) electrons. The van der Waals surface area contributed by atoms with E-state index >= 15 is 0 Å². The molecule has 3 N–H and O–H groups in total. The zero-order chi connectivity index (χ0) is 34.1. The molecule has 0 aromatic heterocycles. The molecule has 1 heterocycles. The second kappa shape index (κ2) is 16.0. The van der Waals surface area contributed by atoms with E-state index in [4.69, 9.17) is 19.9 Å². The van der Waals surface area contributed by atoms with Gasteiger partial charge in [0.15, 0.2) is 0 Å². The fraction of sp³-hybridized carbons (Fsp3) is 0.500. The maximum absolute atomic E-state index is 14.0. The number of carbonyl (C=O) groups is 3. The Kier molecular flexibility index (Phi) is 12.7. The van der Waals surface area contributed by atoms with Gasteiger partial charge < -0.3 is 30.0 Å². The zero-order valence-electron chi connectivity index (χ0n) is 27.0. The topological polar surface area (TPSA) is 178 Å². The van der Waals surface area contributed by atoms with Crippen LogP contribution in [0.3, 0.4) is 0 Å². The van der Waals surface area contributed by atoms with Gasteiger partial charge in [0.1, 0.15) is 29.7 Å². The molecule has 46 heavy (non-hydrogen) atoms. The summed E-state index contributed by atoms with van der Waals surface area (Å²) in [5.41, 5.74) is 7.32. The maximum Gasteiger partial charge on any atom is 0.435 e. The summed E-state index contributed by atoms with van der Waals surface area (Å²) < 4.78 is 44.3. The van der Waals surface area contributed by atoms with Gasteiger partial charge >= 0.3 is 12.1 Å². The van der Waals surface area contributed by atoms with Crippen LogP contribution in [0.1, 0.15) is 57.2 Å². The number of amides is 2. The van der Waals surface area contributed by atoms with Gasteiger partial charge in [0.05, 0.1) is 25.2 Å². The minimum absolute atomic E-state index is 0.0243. The molecule has 0 unspecified atom stereocenters. The minimum atomic E-state index is -4.45. The molecule has 1 aliphatic rings. The Balaban J connectivity index is 1.80. The van der Waals surface area contributed by atoms with E-state index in [2.05, 4.69) is 18.8 Å². The summed E-state index contributed by atoms with van der Waals surface area (Å²) in [6, 6.07) is 11.3. The third kappa shape index (κ3) is 10.3. The number of aromatic hydroxyl groups is 1. The Bertz CT molecular complexity index is 1510. The molecule has 2 amide bonds. The number of carbonyl (C=O) groups excluding carboxylic acids is 3. The van der Waals surface area contributed by atoms with E-state index in [0.717, 1.165) is 27.6 Å². The van der Waals surface area contributed by atoms with Gasteiger partial charge in [-0.25, -0.2) is 13.2 Å². The van der Waals surface area contributed by atoms with Crippen molar-refractivity contribution >= 4 is 33.8 Å². The third-order valence-corrected chi connectivity index (χ3v) is 9.09. The molecule has 0 bridgehead atoms. The highest BCUT2D eigenvalue weighted by atomic mass is 32.2. The Morgan fingerprint density at radius 2 is 1.67 bits per heavy atom.